The quantitative estimate of drug-likeness (QED) is 0.738. The number of nitrogens with zero attached hydrogens (tertiary/aromatic N) is 1. The molecule has 0 saturated heterocycles. The van der Waals surface area contributed by atoms with Crippen molar-refractivity contribution in [3.63, 3.8) is 0 Å². The molecular weight excluding hydrogens is 215 g/mol. The molecule has 0 aliphatic heterocycles. The predicted octanol–water partition coefficient (Wildman–Crippen LogP) is 2.17. The van der Waals surface area contributed by atoms with E-state index in [0.29, 0.717) is 11.7 Å². The second-order valence-corrected chi connectivity index (χ2v) is 2.86. The third-order valence-electron chi connectivity index (χ3n) is 1.14. The molecule has 0 aliphatic rings. The third kappa shape index (κ3) is 1.41. The minimum atomic E-state index is 0.452. The smallest absolute Gasteiger partial charge is 0.137 e. The van der Waals surface area contributed by atoms with Gasteiger partial charge in [-0.05, 0) is 27.6 Å². The number of halogens is 2. The van der Waals surface area contributed by atoms with Crippen molar-refractivity contribution in [1.29, 1.82) is 0 Å². The first-order valence-corrected chi connectivity index (χ1v) is 4.03. The number of alkyl halides is 1. The Labute approximate surface area is 72.5 Å². The van der Waals surface area contributed by atoms with Gasteiger partial charge >= 0.3 is 0 Å². The van der Waals surface area contributed by atoms with Gasteiger partial charge in [-0.15, -0.1) is 11.6 Å². The van der Waals surface area contributed by atoms with Crippen LogP contribution in [-0.4, -0.2) is 4.98 Å². The average Bonchev–Trinajstić information content (AvgIpc) is 1.95. The lowest BCUT2D eigenvalue weighted by Crippen LogP contribution is -1.93. The highest BCUT2D eigenvalue weighted by molar-refractivity contribution is 9.10. The minimum Gasteiger partial charge on any atom is -0.383 e. The second-order valence-electron chi connectivity index (χ2n) is 1.80. The van der Waals surface area contributed by atoms with Crippen LogP contribution in [0.2, 0.25) is 0 Å². The summed E-state index contributed by atoms with van der Waals surface area (Å²) in [6, 6.07) is 1.83. The number of hydrogen-bond donors (Lipinski definition) is 1. The van der Waals surface area contributed by atoms with Crippen LogP contribution in [0.15, 0.2) is 16.7 Å². The Morgan fingerprint density at radius 1 is 1.70 bits per heavy atom. The molecule has 0 spiro atoms. The zero-order valence-electron chi connectivity index (χ0n) is 5.14. The van der Waals surface area contributed by atoms with Crippen molar-refractivity contribution in [1.82, 2.24) is 4.98 Å². The van der Waals surface area contributed by atoms with Gasteiger partial charge in [0, 0.05) is 12.1 Å². The van der Waals surface area contributed by atoms with Crippen molar-refractivity contribution >= 4 is 33.3 Å². The summed E-state index contributed by atoms with van der Waals surface area (Å²) in [6.45, 7) is 0. The molecular formula is C6H6BrClN2. The molecule has 0 aliphatic carbocycles. The third-order valence-corrected chi connectivity index (χ3v) is 2.34. The van der Waals surface area contributed by atoms with Crippen molar-refractivity contribution in [2.75, 3.05) is 5.73 Å². The van der Waals surface area contributed by atoms with Crippen LogP contribution in [0.1, 0.15) is 5.56 Å². The van der Waals surface area contributed by atoms with Crippen molar-refractivity contribution in [2.24, 2.45) is 0 Å². The Hall–Kier alpha value is -0.280. The van der Waals surface area contributed by atoms with E-state index in [0.717, 1.165) is 10.0 Å². The standard InChI is InChI=1S/C6H6BrClN2/c7-5-4(3-8)1-2-10-6(5)9/h1-2H,3H2,(H2,9,10). The lowest BCUT2D eigenvalue weighted by atomic mass is 10.3. The van der Waals surface area contributed by atoms with Gasteiger partial charge in [-0.3, -0.25) is 0 Å². The summed E-state index contributed by atoms with van der Waals surface area (Å²) in [4.78, 5) is 3.86. The van der Waals surface area contributed by atoms with Gasteiger partial charge in [0.1, 0.15) is 5.82 Å². The van der Waals surface area contributed by atoms with E-state index in [9.17, 15) is 0 Å². The SMILES string of the molecule is Nc1nccc(CCl)c1Br. The molecule has 0 fully saturated rings. The van der Waals surface area contributed by atoms with Crippen LogP contribution in [0, 0.1) is 0 Å². The molecule has 2 N–H and O–H groups in total. The highest BCUT2D eigenvalue weighted by atomic mass is 79.9. The van der Waals surface area contributed by atoms with Crippen molar-refractivity contribution in [2.45, 2.75) is 5.88 Å². The van der Waals surface area contributed by atoms with E-state index in [-0.39, 0.29) is 0 Å². The van der Waals surface area contributed by atoms with Gasteiger partial charge in [-0.25, -0.2) is 4.98 Å². The van der Waals surface area contributed by atoms with E-state index in [1.54, 1.807) is 6.20 Å². The number of anilines is 1. The first-order valence-electron chi connectivity index (χ1n) is 2.70. The summed E-state index contributed by atoms with van der Waals surface area (Å²) in [7, 11) is 0. The van der Waals surface area contributed by atoms with Crippen molar-refractivity contribution in [3.8, 4) is 0 Å². The molecule has 0 bridgehead atoms. The summed E-state index contributed by atoms with van der Waals surface area (Å²) in [5, 5.41) is 0. The van der Waals surface area contributed by atoms with E-state index >= 15 is 0 Å². The molecule has 2 nitrogen and oxygen atoms in total. The molecule has 1 rings (SSSR count). The van der Waals surface area contributed by atoms with Crippen molar-refractivity contribution < 1.29 is 0 Å². The van der Waals surface area contributed by atoms with Gasteiger partial charge in [0.2, 0.25) is 0 Å². The maximum Gasteiger partial charge on any atom is 0.137 e. The maximum absolute atomic E-state index is 5.59. The van der Waals surface area contributed by atoms with Gasteiger partial charge in [0.25, 0.3) is 0 Å². The fourth-order valence-electron chi connectivity index (χ4n) is 0.605. The molecule has 4 heteroatoms. The fraction of sp³-hybridized carbons (Fsp3) is 0.167. The molecule has 10 heavy (non-hydrogen) atoms. The van der Waals surface area contributed by atoms with E-state index < -0.39 is 0 Å². The normalized spacial score (nSPS) is 9.80. The Balaban J connectivity index is 3.14. The zero-order chi connectivity index (χ0) is 7.56. The number of aromatic nitrogens is 1. The molecule has 0 unspecified atom stereocenters. The van der Waals surface area contributed by atoms with Gasteiger partial charge in [-0.1, -0.05) is 0 Å². The lowest BCUT2D eigenvalue weighted by molar-refractivity contribution is 1.25. The Kier molecular flexibility index (Phi) is 2.51. The molecule has 0 atom stereocenters. The first-order chi connectivity index (χ1) is 4.75. The number of rotatable bonds is 1. The van der Waals surface area contributed by atoms with E-state index in [1.165, 1.54) is 0 Å². The second kappa shape index (κ2) is 3.21. The molecule has 54 valence electrons. The van der Waals surface area contributed by atoms with Gasteiger partial charge in [0.05, 0.1) is 4.47 Å². The summed E-state index contributed by atoms with van der Waals surface area (Å²) in [6.07, 6.45) is 1.64. The van der Waals surface area contributed by atoms with Crippen LogP contribution in [0.4, 0.5) is 5.82 Å². The lowest BCUT2D eigenvalue weighted by Gasteiger charge is -2.00. The van der Waals surface area contributed by atoms with Crippen LogP contribution in [0.3, 0.4) is 0 Å². The fourth-order valence-corrected chi connectivity index (χ4v) is 1.36. The zero-order valence-corrected chi connectivity index (χ0v) is 7.48. The van der Waals surface area contributed by atoms with Crippen LogP contribution >= 0.6 is 27.5 Å². The Morgan fingerprint density at radius 2 is 2.40 bits per heavy atom. The Bertz CT molecular complexity index is 239. The molecule has 1 aromatic heterocycles. The molecule has 0 aromatic carbocycles. The summed E-state index contributed by atoms with van der Waals surface area (Å²) >= 11 is 8.86. The van der Waals surface area contributed by atoms with Crippen LogP contribution < -0.4 is 5.73 Å². The van der Waals surface area contributed by atoms with Gasteiger partial charge < -0.3 is 5.73 Å². The molecule has 0 saturated carbocycles. The summed E-state index contributed by atoms with van der Waals surface area (Å²) in [5.41, 5.74) is 6.45. The summed E-state index contributed by atoms with van der Waals surface area (Å²) in [5.74, 6) is 0.936. The summed E-state index contributed by atoms with van der Waals surface area (Å²) < 4.78 is 0.796. The number of nitrogen functional groups attached to an aromatic ring is 1. The van der Waals surface area contributed by atoms with Crippen LogP contribution in [0.5, 0.6) is 0 Å². The number of nitrogens with two attached hydrogens (primary N) is 1. The first kappa shape index (κ1) is 7.82. The highest BCUT2D eigenvalue weighted by Gasteiger charge is 2.00. The van der Waals surface area contributed by atoms with E-state index in [4.69, 9.17) is 17.3 Å². The number of pyridine rings is 1. The predicted molar refractivity (Wildman–Crippen MR) is 45.9 cm³/mol. The minimum absolute atomic E-state index is 0.452. The van der Waals surface area contributed by atoms with Gasteiger partial charge in [0.15, 0.2) is 0 Å². The molecule has 1 aromatic rings. The Morgan fingerprint density at radius 3 is 2.90 bits per heavy atom. The van der Waals surface area contributed by atoms with Crippen LogP contribution in [0.25, 0.3) is 0 Å². The number of hydrogen-bond acceptors (Lipinski definition) is 2. The van der Waals surface area contributed by atoms with Crippen molar-refractivity contribution in [3.05, 3.63) is 22.3 Å². The molecule has 0 amide bonds. The average molecular weight is 221 g/mol. The van der Waals surface area contributed by atoms with Crippen LogP contribution in [-0.2, 0) is 5.88 Å². The highest BCUT2D eigenvalue weighted by Crippen LogP contribution is 2.22. The molecule has 0 radical (unpaired) electrons. The topological polar surface area (TPSA) is 38.9 Å². The maximum atomic E-state index is 5.59. The van der Waals surface area contributed by atoms with E-state index in [2.05, 4.69) is 20.9 Å². The molecule has 1 heterocycles. The van der Waals surface area contributed by atoms with Gasteiger partial charge in [-0.2, -0.15) is 0 Å². The monoisotopic (exact) mass is 220 g/mol. The largest absolute Gasteiger partial charge is 0.383 e. The van der Waals surface area contributed by atoms with E-state index in [1.807, 2.05) is 6.07 Å².